The predicted octanol–water partition coefficient (Wildman–Crippen LogP) is 4.18. The maximum absolute atomic E-state index is 8.74. The lowest BCUT2D eigenvalue weighted by Gasteiger charge is -2.00. The molecule has 0 aliphatic rings. The summed E-state index contributed by atoms with van der Waals surface area (Å²) in [6.07, 6.45) is 14.2. The molecule has 0 fully saturated rings. The number of rotatable bonds is 10. The fourth-order valence-electron chi connectivity index (χ4n) is 1.60. The molecule has 0 saturated heterocycles. The number of unbranched alkanes of at least 4 members (excludes halogenated alkanes) is 9. The van der Waals surface area contributed by atoms with Crippen LogP contribution in [0.4, 0.5) is 0 Å². The molecule has 0 atom stereocenters. The lowest BCUT2D eigenvalue weighted by Crippen LogP contribution is -1.89. The molecule has 0 aliphatic carbocycles. The van der Waals surface area contributed by atoms with Crippen LogP contribution in [0.1, 0.15) is 71.1 Å². The minimum atomic E-state index is -4.67. The van der Waals surface area contributed by atoms with E-state index in [2.05, 4.69) is 19.6 Å². The molecule has 0 aromatic heterocycles. The highest BCUT2D eigenvalue weighted by Crippen LogP contribution is 2.10. The van der Waals surface area contributed by atoms with Crippen molar-refractivity contribution >= 4 is 23.0 Å². The van der Waals surface area contributed by atoms with Crippen molar-refractivity contribution in [2.45, 2.75) is 71.1 Å². The molecule has 2 N–H and O–H groups in total. The Hall–Kier alpha value is 0.220. The van der Waals surface area contributed by atoms with Crippen molar-refractivity contribution in [1.82, 2.24) is 0 Å². The Bertz CT molecular complexity index is 222. The quantitative estimate of drug-likeness (QED) is 0.321. The monoisotopic (exact) mass is 300 g/mol. The average Bonchev–Trinajstić information content (AvgIpc) is 2.25. The van der Waals surface area contributed by atoms with Gasteiger partial charge >= 0.3 is 10.4 Å². The zero-order valence-electron chi connectivity index (χ0n) is 11.3. The number of hydrogen-bond donors (Lipinski definition) is 3. The van der Waals surface area contributed by atoms with Crippen molar-refractivity contribution in [3.63, 3.8) is 0 Å². The molecule has 112 valence electrons. The van der Waals surface area contributed by atoms with Crippen molar-refractivity contribution < 1.29 is 17.5 Å². The van der Waals surface area contributed by atoms with E-state index >= 15 is 0 Å². The van der Waals surface area contributed by atoms with Gasteiger partial charge < -0.3 is 0 Å². The molecule has 0 unspecified atom stereocenters. The van der Waals surface area contributed by atoms with Gasteiger partial charge in [0.15, 0.2) is 0 Å². The Kier molecular flexibility index (Phi) is 17.4. The van der Waals surface area contributed by atoms with Gasteiger partial charge in [-0.05, 0) is 12.2 Å². The predicted molar refractivity (Wildman–Crippen MR) is 79.9 cm³/mol. The molecule has 4 nitrogen and oxygen atoms in total. The first-order chi connectivity index (χ1) is 8.41. The molecule has 0 bridgehead atoms. The van der Waals surface area contributed by atoms with Crippen molar-refractivity contribution in [3.05, 3.63) is 0 Å². The van der Waals surface area contributed by atoms with E-state index in [1.807, 2.05) is 0 Å². The van der Waals surface area contributed by atoms with Crippen LogP contribution in [0.3, 0.4) is 0 Å². The lowest BCUT2D eigenvalue weighted by molar-refractivity contribution is 0.381. The Morgan fingerprint density at radius 2 is 1.06 bits per heavy atom. The fraction of sp³-hybridized carbons (Fsp3) is 1.00. The first-order valence-electron chi connectivity index (χ1n) is 6.72. The smallest absolute Gasteiger partial charge is 0.264 e. The van der Waals surface area contributed by atoms with Gasteiger partial charge in [0, 0.05) is 0 Å². The van der Waals surface area contributed by atoms with Crippen LogP contribution in [0.2, 0.25) is 0 Å². The lowest BCUT2D eigenvalue weighted by atomic mass is 10.1. The van der Waals surface area contributed by atoms with Gasteiger partial charge in [0.25, 0.3) is 0 Å². The molecule has 0 radical (unpaired) electrons. The zero-order valence-corrected chi connectivity index (χ0v) is 13.1. The molecule has 0 saturated carbocycles. The van der Waals surface area contributed by atoms with E-state index in [-0.39, 0.29) is 0 Å². The summed E-state index contributed by atoms with van der Waals surface area (Å²) in [6.45, 7) is 2.28. The van der Waals surface area contributed by atoms with E-state index in [1.165, 1.54) is 64.2 Å². The zero-order chi connectivity index (χ0) is 14.3. The van der Waals surface area contributed by atoms with Gasteiger partial charge in [0.05, 0.1) is 0 Å². The summed E-state index contributed by atoms with van der Waals surface area (Å²) in [7, 11) is -4.67. The van der Waals surface area contributed by atoms with E-state index in [0.717, 1.165) is 5.75 Å². The summed E-state index contributed by atoms with van der Waals surface area (Å²) in [5.41, 5.74) is 0. The second-order valence-corrected chi connectivity index (χ2v) is 5.70. The average molecular weight is 300 g/mol. The second kappa shape index (κ2) is 15.3. The highest BCUT2D eigenvalue weighted by atomic mass is 32.3. The molecule has 0 aromatic carbocycles. The normalized spacial score (nSPS) is 10.9. The largest absolute Gasteiger partial charge is 0.394 e. The SMILES string of the molecule is CCCCCCCCCCCCS.O=S(=O)(O)O. The Balaban J connectivity index is 0. The third kappa shape index (κ3) is 36.0. The van der Waals surface area contributed by atoms with Crippen LogP contribution in [0.15, 0.2) is 0 Å². The van der Waals surface area contributed by atoms with E-state index in [9.17, 15) is 0 Å². The van der Waals surface area contributed by atoms with Gasteiger partial charge in [-0.3, -0.25) is 9.11 Å². The van der Waals surface area contributed by atoms with Gasteiger partial charge in [-0.25, -0.2) is 0 Å². The Morgan fingerprint density at radius 1 is 0.778 bits per heavy atom. The van der Waals surface area contributed by atoms with Crippen molar-refractivity contribution in [3.8, 4) is 0 Å². The van der Waals surface area contributed by atoms with Gasteiger partial charge in [-0.15, -0.1) is 0 Å². The van der Waals surface area contributed by atoms with Crippen LogP contribution in [0.5, 0.6) is 0 Å². The summed E-state index contributed by atoms with van der Waals surface area (Å²) >= 11 is 4.20. The Morgan fingerprint density at radius 3 is 1.33 bits per heavy atom. The molecule has 18 heavy (non-hydrogen) atoms. The molecule has 0 aliphatic heterocycles. The summed E-state index contributed by atoms with van der Waals surface area (Å²) in [5.74, 6) is 1.07. The molecule has 0 aromatic rings. The molecule has 0 spiro atoms. The first kappa shape index (κ1) is 20.5. The van der Waals surface area contributed by atoms with Crippen LogP contribution in [0.25, 0.3) is 0 Å². The number of hydrogen-bond acceptors (Lipinski definition) is 3. The first-order valence-corrected chi connectivity index (χ1v) is 8.75. The number of thiol groups is 1. The highest BCUT2D eigenvalue weighted by Gasteiger charge is 1.91. The maximum atomic E-state index is 8.74. The second-order valence-electron chi connectivity index (χ2n) is 4.35. The van der Waals surface area contributed by atoms with E-state index < -0.39 is 10.4 Å². The van der Waals surface area contributed by atoms with Crippen LogP contribution >= 0.6 is 12.6 Å². The van der Waals surface area contributed by atoms with E-state index in [1.54, 1.807) is 0 Å². The molecular formula is C12H28O4S2. The van der Waals surface area contributed by atoms with Gasteiger partial charge in [-0.2, -0.15) is 21.0 Å². The maximum Gasteiger partial charge on any atom is 0.394 e. The summed E-state index contributed by atoms with van der Waals surface area (Å²) in [6, 6.07) is 0. The van der Waals surface area contributed by atoms with Gasteiger partial charge in [0.2, 0.25) is 0 Å². The van der Waals surface area contributed by atoms with Crippen LogP contribution in [-0.2, 0) is 10.4 Å². The molecule has 0 heterocycles. The van der Waals surface area contributed by atoms with Gasteiger partial charge in [0.1, 0.15) is 0 Å². The molecular weight excluding hydrogens is 272 g/mol. The topological polar surface area (TPSA) is 74.6 Å². The van der Waals surface area contributed by atoms with Crippen molar-refractivity contribution in [2.24, 2.45) is 0 Å². The third-order valence-electron chi connectivity index (χ3n) is 2.51. The molecule has 6 heteroatoms. The van der Waals surface area contributed by atoms with E-state index in [4.69, 9.17) is 17.5 Å². The Labute approximate surface area is 118 Å². The van der Waals surface area contributed by atoms with Crippen molar-refractivity contribution in [2.75, 3.05) is 5.75 Å². The minimum Gasteiger partial charge on any atom is -0.264 e. The molecule has 0 amide bonds. The summed E-state index contributed by atoms with van der Waals surface area (Å²) in [4.78, 5) is 0. The van der Waals surface area contributed by atoms with Crippen LogP contribution in [-0.4, -0.2) is 23.3 Å². The fourth-order valence-corrected chi connectivity index (χ4v) is 1.82. The van der Waals surface area contributed by atoms with Crippen LogP contribution in [0, 0.1) is 0 Å². The molecule has 0 rings (SSSR count). The minimum absolute atomic E-state index is 1.07. The summed E-state index contributed by atoms with van der Waals surface area (Å²) < 4.78 is 31.6. The third-order valence-corrected chi connectivity index (χ3v) is 2.83. The summed E-state index contributed by atoms with van der Waals surface area (Å²) in [5, 5.41) is 0. The standard InChI is InChI=1S/C12H26S.H2O4S/c1-2-3-4-5-6-7-8-9-10-11-12-13;1-5(2,3)4/h13H,2-12H2,1H3;(H2,1,2,3,4). The van der Waals surface area contributed by atoms with Crippen molar-refractivity contribution in [1.29, 1.82) is 0 Å². The van der Waals surface area contributed by atoms with E-state index in [0.29, 0.717) is 0 Å². The highest BCUT2D eigenvalue weighted by molar-refractivity contribution is 7.80. The van der Waals surface area contributed by atoms with Gasteiger partial charge in [-0.1, -0.05) is 64.7 Å². The van der Waals surface area contributed by atoms with Crippen LogP contribution < -0.4 is 0 Å².